The van der Waals surface area contributed by atoms with Crippen molar-refractivity contribution in [1.29, 1.82) is 0 Å². The molecule has 10 heavy (non-hydrogen) atoms. The van der Waals surface area contributed by atoms with Crippen LogP contribution in [0.25, 0.3) is 0 Å². The minimum absolute atomic E-state index is 0. The molecule has 2 atom stereocenters. The van der Waals surface area contributed by atoms with Crippen molar-refractivity contribution < 1.29 is 15.0 Å². The van der Waals surface area contributed by atoms with E-state index in [9.17, 15) is 4.79 Å². The van der Waals surface area contributed by atoms with Gasteiger partial charge in [-0.3, -0.25) is 4.79 Å². The van der Waals surface area contributed by atoms with Crippen molar-refractivity contribution in [2.75, 3.05) is 6.54 Å². The summed E-state index contributed by atoms with van der Waals surface area (Å²) in [6.45, 7) is 0.400. The number of carboxylic acids is 1. The number of aliphatic carboxylic acids is 1. The number of nitrogens with one attached hydrogen (secondary N) is 1. The molecule has 53 valence electrons. The van der Waals surface area contributed by atoms with E-state index in [1.807, 2.05) is 0 Å². The Morgan fingerprint density at radius 2 is 2.20 bits per heavy atom. The second-order valence-electron chi connectivity index (χ2n) is 2.19. The van der Waals surface area contributed by atoms with Crippen LogP contribution in [0, 0.1) is 0 Å². The van der Waals surface area contributed by atoms with Crippen LogP contribution in [0.3, 0.4) is 0 Å². The molecule has 0 amide bonds. The third-order valence-corrected chi connectivity index (χ3v) is 1.41. The molecule has 0 aromatic carbocycles. The van der Waals surface area contributed by atoms with Gasteiger partial charge >= 0.3 is 5.97 Å². The summed E-state index contributed by atoms with van der Waals surface area (Å²) >= 11 is 0. The first-order valence-corrected chi connectivity index (χ1v) is 2.84. The summed E-state index contributed by atoms with van der Waals surface area (Å²) in [6.07, 6.45) is -0.152. The van der Waals surface area contributed by atoms with Crippen molar-refractivity contribution in [3.05, 3.63) is 0 Å². The molecule has 0 saturated carbocycles. The Bertz CT molecular complexity index is 130. The maximum Gasteiger partial charge on any atom is 0.320 e. The molecule has 1 heterocycles. The number of carboxylic acid groups (broad SMARTS) is 1. The summed E-state index contributed by atoms with van der Waals surface area (Å²) in [5, 5.41) is 19.8. The van der Waals surface area contributed by atoms with Crippen LogP contribution in [0.1, 0.15) is 6.42 Å². The smallest absolute Gasteiger partial charge is 0.320 e. The molecule has 1 radical (unpaired) electrons. The zero-order valence-corrected chi connectivity index (χ0v) is 12.2. The van der Waals surface area contributed by atoms with E-state index >= 15 is 0 Å². The van der Waals surface area contributed by atoms with Gasteiger partial charge in [-0.05, 0) is 0 Å². The second kappa shape index (κ2) is 5.15. The number of aliphatic hydroxyl groups is 1. The Balaban J connectivity index is 0.000000810. The van der Waals surface area contributed by atoms with Crippen molar-refractivity contribution in [1.82, 2.24) is 5.32 Å². The number of aliphatic hydroxyl groups excluding tert-OH is 1. The maximum absolute atomic E-state index is 10.2. The van der Waals surface area contributed by atoms with Crippen molar-refractivity contribution in [3.8, 4) is 0 Å². The van der Waals surface area contributed by atoms with Crippen LogP contribution >= 0.6 is 0 Å². The van der Waals surface area contributed by atoms with Gasteiger partial charge in [-0.25, -0.2) is 0 Å². The summed E-state index contributed by atoms with van der Waals surface area (Å²) in [5.41, 5.74) is 0. The molecule has 3 N–H and O–H groups in total. The predicted molar refractivity (Wildman–Crippen MR) is 35.8 cm³/mol. The summed E-state index contributed by atoms with van der Waals surface area (Å²) in [7, 11) is 0. The SMILES string of the molecule is O=C(O)[C@@H]1CC(O)CN1.[Cs]. The molecular formula is C5H9CsNO3. The minimum atomic E-state index is -0.883. The molecule has 1 fully saturated rings. The van der Waals surface area contributed by atoms with Crippen LogP contribution in [0.15, 0.2) is 0 Å². The standard InChI is InChI=1S/C5H9NO3.Cs/c7-3-1-4(5(8)9)6-2-3;/h3-4,6-7H,1-2H2,(H,8,9);/t3?,4-;/m0./s1. The molecule has 0 aliphatic carbocycles. The van der Waals surface area contributed by atoms with Crippen molar-refractivity contribution >= 4 is 74.9 Å². The van der Waals surface area contributed by atoms with E-state index in [2.05, 4.69) is 5.32 Å². The predicted octanol–water partition coefficient (Wildman–Crippen LogP) is -1.59. The number of hydrogen-bond donors (Lipinski definition) is 3. The van der Waals surface area contributed by atoms with Gasteiger partial charge in [-0.15, -0.1) is 0 Å². The molecule has 1 aliphatic rings. The van der Waals surface area contributed by atoms with Crippen LogP contribution < -0.4 is 5.32 Å². The quantitative estimate of drug-likeness (QED) is 0.534. The molecule has 0 aromatic heterocycles. The summed E-state index contributed by atoms with van der Waals surface area (Å²) in [5.74, 6) is -0.883. The maximum atomic E-state index is 10.2. The Hall–Kier alpha value is 1.44. The fourth-order valence-corrected chi connectivity index (χ4v) is 0.905. The van der Waals surface area contributed by atoms with Crippen molar-refractivity contribution in [2.45, 2.75) is 18.6 Å². The van der Waals surface area contributed by atoms with E-state index in [4.69, 9.17) is 10.2 Å². The third-order valence-electron chi connectivity index (χ3n) is 1.41. The van der Waals surface area contributed by atoms with Crippen molar-refractivity contribution in [3.63, 3.8) is 0 Å². The molecule has 1 unspecified atom stereocenters. The van der Waals surface area contributed by atoms with Gasteiger partial charge in [-0.2, -0.15) is 0 Å². The first kappa shape index (κ1) is 11.4. The number of carbonyl (C=O) groups is 1. The Kier molecular flexibility index (Phi) is 5.89. The van der Waals surface area contributed by atoms with Gasteiger partial charge in [0.1, 0.15) is 6.04 Å². The van der Waals surface area contributed by atoms with E-state index in [1.165, 1.54) is 0 Å². The molecule has 1 saturated heterocycles. The van der Waals surface area contributed by atoms with Crippen LogP contribution in [-0.2, 0) is 4.79 Å². The van der Waals surface area contributed by atoms with E-state index in [-0.39, 0.29) is 68.9 Å². The molecule has 0 aromatic rings. The summed E-state index contributed by atoms with van der Waals surface area (Å²) in [6, 6.07) is -0.542. The molecule has 1 rings (SSSR count). The Labute approximate surface area is 118 Å². The summed E-state index contributed by atoms with van der Waals surface area (Å²) < 4.78 is 0. The van der Waals surface area contributed by atoms with Gasteiger partial charge in [-0.1, -0.05) is 0 Å². The fraction of sp³-hybridized carbons (Fsp3) is 0.800. The largest absolute Gasteiger partial charge is 0.480 e. The second-order valence-corrected chi connectivity index (χ2v) is 2.19. The molecule has 0 bridgehead atoms. The first-order chi connectivity index (χ1) is 4.20. The van der Waals surface area contributed by atoms with Gasteiger partial charge in [0.05, 0.1) is 6.10 Å². The van der Waals surface area contributed by atoms with E-state index in [0.717, 1.165) is 0 Å². The first-order valence-electron chi connectivity index (χ1n) is 2.84. The Morgan fingerprint density at radius 3 is 2.40 bits per heavy atom. The zero-order valence-electron chi connectivity index (χ0n) is 5.87. The topological polar surface area (TPSA) is 69.6 Å². The molecule has 0 spiro atoms. The molecule has 4 nitrogen and oxygen atoms in total. The van der Waals surface area contributed by atoms with Gasteiger partial charge in [0.25, 0.3) is 0 Å². The van der Waals surface area contributed by atoms with Gasteiger partial charge in [0.2, 0.25) is 0 Å². The fourth-order valence-electron chi connectivity index (χ4n) is 0.905. The molecule has 1 aliphatic heterocycles. The minimum Gasteiger partial charge on any atom is -0.480 e. The van der Waals surface area contributed by atoms with Crippen molar-refractivity contribution in [2.24, 2.45) is 0 Å². The zero-order chi connectivity index (χ0) is 6.85. The number of β-amino-alcohol motifs (C(OH)–C–C–N with tert-alkyl or cyclic N) is 1. The van der Waals surface area contributed by atoms with E-state index in [1.54, 1.807) is 0 Å². The average molecular weight is 264 g/mol. The number of rotatable bonds is 1. The van der Waals surface area contributed by atoms with Crippen LogP contribution in [0.2, 0.25) is 0 Å². The summed E-state index contributed by atoms with van der Waals surface area (Å²) in [4.78, 5) is 10.2. The van der Waals surface area contributed by atoms with Crippen LogP contribution in [0.5, 0.6) is 0 Å². The van der Waals surface area contributed by atoms with Gasteiger partial charge in [0, 0.05) is 81.9 Å². The molecular weight excluding hydrogens is 255 g/mol. The normalized spacial score (nSPS) is 31.3. The third kappa shape index (κ3) is 3.23. The average Bonchev–Trinajstić information content (AvgIpc) is 2.14. The van der Waals surface area contributed by atoms with Crippen LogP contribution in [0.4, 0.5) is 0 Å². The monoisotopic (exact) mass is 264 g/mol. The molecule has 5 heteroatoms. The van der Waals surface area contributed by atoms with Crippen LogP contribution in [-0.4, -0.2) is 104 Å². The van der Waals surface area contributed by atoms with Gasteiger partial charge < -0.3 is 15.5 Å². The van der Waals surface area contributed by atoms with Gasteiger partial charge in [0.15, 0.2) is 0 Å². The van der Waals surface area contributed by atoms with E-state index in [0.29, 0.717) is 13.0 Å². The van der Waals surface area contributed by atoms with E-state index < -0.39 is 18.1 Å². The number of hydrogen-bond acceptors (Lipinski definition) is 3. The Morgan fingerprint density at radius 1 is 1.60 bits per heavy atom.